The molecule has 2 aromatic rings. The van der Waals surface area contributed by atoms with Crippen LogP contribution in [-0.2, 0) is 9.53 Å². The van der Waals surface area contributed by atoms with Gasteiger partial charge in [-0.1, -0.05) is 54.1 Å². The second-order valence-electron chi connectivity index (χ2n) is 5.04. The van der Waals surface area contributed by atoms with Crippen LogP contribution in [0.2, 0.25) is 0 Å². The number of esters is 1. The van der Waals surface area contributed by atoms with Gasteiger partial charge >= 0.3 is 5.97 Å². The molecule has 0 spiro atoms. The Morgan fingerprint density at radius 2 is 1.90 bits per heavy atom. The van der Waals surface area contributed by atoms with Gasteiger partial charge in [0.2, 0.25) is 0 Å². The van der Waals surface area contributed by atoms with E-state index in [-0.39, 0.29) is 11.2 Å². The minimum atomic E-state index is -0.189. The molecule has 0 fully saturated rings. The average molecular weight is 300 g/mol. The van der Waals surface area contributed by atoms with Crippen molar-refractivity contribution in [3.05, 3.63) is 70.8 Å². The molecule has 0 aliphatic heterocycles. The fourth-order valence-electron chi connectivity index (χ4n) is 2.29. The molecule has 0 heterocycles. The maximum Gasteiger partial charge on any atom is 0.315 e. The predicted molar refractivity (Wildman–Crippen MR) is 88.7 cm³/mol. The number of ether oxygens (including phenoxy) is 1. The number of hydrogen-bond acceptors (Lipinski definition) is 3. The van der Waals surface area contributed by atoms with E-state index < -0.39 is 0 Å². The van der Waals surface area contributed by atoms with Crippen molar-refractivity contribution < 1.29 is 9.53 Å². The van der Waals surface area contributed by atoms with Gasteiger partial charge in [-0.3, -0.25) is 4.79 Å². The Labute approximate surface area is 130 Å². The first-order valence-corrected chi connectivity index (χ1v) is 7.97. The van der Waals surface area contributed by atoms with Gasteiger partial charge in [-0.05, 0) is 30.5 Å². The molecule has 0 aliphatic rings. The summed E-state index contributed by atoms with van der Waals surface area (Å²) in [7, 11) is 1.43. The van der Waals surface area contributed by atoms with E-state index in [1.165, 1.54) is 29.4 Å². The van der Waals surface area contributed by atoms with Crippen molar-refractivity contribution in [2.45, 2.75) is 19.1 Å². The van der Waals surface area contributed by atoms with Crippen molar-refractivity contribution in [1.29, 1.82) is 0 Å². The fraction of sp³-hybridized carbons (Fsp3) is 0.278. The molecule has 21 heavy (non-hydrogen) atoms. The van der Waals surface area contributed by atoms with Gasteiger partial charge < -0.3 is 4.74 Å². The van der Waals surface area contributed by atoms with Crippen molar-refractivity contribution in [2.24, 2.45) is 0 Å². The highest BCUT2D eigenvalue weighted by atomic mass is 32.2. The maximum atomic E-state index is 11.5. The molecule has 2 aromatic carbocycles. The van der Waals surface area contributed by atoms with E-state index in [9.17, 15) is 4.79 Å². The minimum Gasteiger partial charge on any atom is -0.468 e. The Balaban J connectivity index is 2.35. The van der Waals surface area contributed by atoms with Crippen LogP contribution in [0, 0.1) is 13.8 Å². The lowest BCUT2D eigenvalue weighted by atomic mass is 9.99. The van der Waals surface area contributed by atoms with Gasteiger partial charge in [-0.15, -0.1) is 11.8 Å². The first-order valence-electron chi connectivity index (χ1n) is 6.92. The Morgan fingerprint density at radius 1 is 1.14 bits per heavy atom. The van der Waals surface area contributed by atoms with Crippen LogP contribution in [0.25, 0.3) is 0 Å². The number of carbonyl (C=O) groups is 1. The summed E-state index contributed by atoms with van der Waals surface area (Å²) < 4.78 is 4.77. The Hall–Kier alpha value is -1.74. The van der Waals surface area contributed by atoms with Gasteiger partial charge in [0, 0.05) is 0 Å². The van der Waals surface area contributed by atoms with Gasteiger partial charge in [0.15, 0.2) is 0 Å². The van der Waals surface area contributed by atoms with Crippen LogP contribution in [0.15, 0.2) is 48.5 Å². The zero-order chi connectivity index (χ0) is 15.2. The molecular weight excluding hydrogens is 280 g/mol. The lowest BCUT2D eigenvalue weighted by Gasteiger charge is -2.19. The Kier molecular flexibility index (Phi) is 5.45. The molecule has 0 bridgehead atoms. The van der Waals surface area contributed by atoms with E-state index >= 15 is 0 Å². The number of hydrogen-bond donors (Lipinski definition) is 0. The molecule has 2 nitrogen and oxygen atoms in total. The molecule has 1 atom stereocenters. The molecule has 2 rings (SSSR count). The largest absolute Gasteiger partial charge is 0.468 e. The van der Waals surface area contributed by atoms with Crippen LogP contribution in [0.3, 0.4) is 0 Å². The molecule has 0 radical (unpaired) electrons. The second kappa shape index (κ2) is 7.32. The van der Waals surface area contributed by atoms with Crippen molar-refractivity contribution in [1.82, 2.24) is 0 Å². The van der Waals surface area contributed by atoms with Gasteiger partial charge in [-0.2, -0.15) is 0 Å². The van der Waals surface area contributed by atoms with E-state index in [1.807, 2.05) is 12.1 Å². The summed E-state index contributed by atoms with van der Waals surface area (Å²) in [6.07, 6.45) is 0. The molecule has 3 heteroatoms. The highest BCUT2D eigenvalue weighted by molar-refractivity contribution is 8.00. The standard InChI is InChI=1S/C18H20O2S/c1-13-7-6-9-15(11-13)18(21-12-17(19)20-3)16-10-5-4-8-14(16)2/h4-11,18H,12H2,1-3H3. The highest BCUT2D eigenvalue weighted by Gasteiger charge is 2.18. The number of rotatable bonds is 5. The minimum absolute atomic E-state index is 0.144. The number of aryl methyl sites for hydroxylation is 2. The normalized spacial score (nSPS) is 12.0. The van der Waals surface area contributed by atoms with Crippen LogP contribution >= 0.6 is 11.8 Å². The topological polar surface area (TPSA) is 26.3 Å². The molecule has 0 N–H and O–H groups in total. The van der Waals surface area contributed by atoms with E-state index in [0.717, 1.165) is 0 Å². The van der Waals surface area contributed by atoms with E-state index in [4.69, 9.17) is 4.74 Å². The third kappa shape index (κ3) is 4.11. The third-order valence-electron chi connectivity index (χ3n) is 3.41. The van der Waals surface area contributed by atoms with Crippen molar-refractivity contribution in [3.63, 3.8) is 0 Å². The van der Waals surface area contributed by atoms with Gasteiger partial charge in [0.25, 0.3) is 0 Å². The van der Waals surface area contributed by atoms with Crippen LogP contribution in [0.5, 0.6) is 0 Å². The molecule has 0 aliphatic carbocycles. The summed E-state index contributed by atoms with van der Waals surface area (Å²) in [4.78, 5) is 11.5. The van der Waals surface area contributed by atoms with Crippen LogP contribution in [0.4, 0.5) is 0 Å². The van der Waals surface area contributed by atoms with E-state index in [0.29, 0.717) is 5.75 Å². The summed E-state index contributed by atoms with van der Waals surface area (Å²) in [6.45, 7) is 4.19. The zero-order valence-electron chi connectivity index (χ0n) is 12.6. The van der Waals surface area contributed by atoms with E-state index in [1.54, 1.807) is 11.8 Å². The quantitative estimate of drug-likeness (QED) is 0.770. The summed E-state index contributed by atoms with van der Waals surface area (Å²) in [6, 6.07) is 16.8. The lowest BCUT2D eigenvalue weighted by Crippen LogP contribution is -2.07. The number of carbonyl (C=O) groups excluding carboxylic acids is 1. The van der Waals surface area contributed by atoms with Gasteiger partial charge in [0.05, 0.1) is 18.1 Å². The molecule has 0 saturated heterocycles. The Bertz CT molecular complexity index is 622. The van der Waals surface area contributed by atoms with Crippen molar-refractivity contribution in [3.8, 4) is 0 Å². The number of methoxy groups -OCH3 is 1. The molecule has 0 saturated carbocycles. The summed E-state index contributed by atoms with van der Waals surface area (Å²) in [5.74, 6) is 0.162. The molecule has 110 valence electrons. The Morgan fingerprint density at radius 3 is 2.57 bits per heavy atom. The molecule has 0 aromatic heterocycles. The van der Waals surface area contributed by atoms with Gasteiger partial charge in [0.1, 0.15) is 0 Å². The highest BCUT2D eigenvalue weighted by Crippen LogP contribution is 2.37. The SMILES string of the molecule is COC(=O)CSC(c1cccc(C)c1)c1ccccc1C. The zero-order valence-corrected chi connectivity index (χ0v) is 13.4. The number of benzene rings is 2. The fourth-order valence-corrected chi connectivity index (χ4v) is 3.49. The molecule has 0 amide bonds. The van der Waals surface area contributed by atoms with Crippen molar-refractivity contribution >= 4 is 17.7 Å². The lowest BCUT2D eigenvalue weighted by molar-refractivity contribution is -0.137. The molecular formula is C18H20O2S. The van der Waals surface area contributed by atoms with Crippen LogP contribution in [-0.4, -0.2) is 18.8 Å². The molecule has 1 unspecified atom stereocenters. The summed E-state index contributed by atoms with van der Waals surface area (Å²) in [5.41, 5.74) is 4.93. The smallest absolute Gasteiger partial charge is 0.315 e. The summed E-state index contributed by atoms with van der Waals surface area (Å²) >= 11 is 1.61. The maximum absolute atomic E-state index is 11.5. The predicted octanol–water partition coefficient (Wildman–Crippen LogP) is 4.30. The van der Waals surface area contributed by atoms with Crippen LogP contribution < -0.4 is 0 Å². The van der Waals surface area contributed by atoms with Crippen LogP contribution in [0.1, 0.15) is 27.5 Å². The third-order valence-corrected chi connectivity index (χ3v) is 4.67. The average Bonchev–Trinajstić information content (AvgIpc) is 2.49. The second-order valence-corrected chi connectivity index (χ2v) is 6.13. The first kappa shape index (κ1) is 15.6. The van der Waals surface area contributed by atoms with Gasteiger partial charge in [-0.25, -0.2) is 0 Å². The van der Waals surface area contributed by atoms with Crippen molar-refractivity contribution in [2.75, 3.05) is 12.9 Å². The van der Waals surface area contributed by atoms with E-state index in [2.05, 4.69) is 50.2 Å². The number of thioether (sulfide) groups is 1. The summed E-state index contributed by atoms with van der Waals surface area (Å²) in [5, 5.41) is 0.144. The monoisotopic (exact) mass is 300 g/mol. The first-order chi connectivity index (χ1) is 10.1.